The normalized spacial score (nSPS) is 11.0. The maximum atomic E-state index is 4.93. The molecule has 0 rings (SSSR count). The van der Waals surface area contributed by atoms with Gasteiger partial charge in [-0.15, -0.1) is 0 Å². The van der Waals surface area contributed by atoms with Gasteiger partial charge in [0.1, 0.15) is 10.5 Å². The van der Waals surface area contributed by atoms with Crippen molar-refractivity contribution >= 4 is 10.5 Å². The largest absolute Gasteiger partial charge is 0.428 e. The van der Waals surface area contributed by atoms with Crippen LogP contribution in [0.1, 0.15) is 13.3 Å². The van der Waals surface area contributed by atoms with E-state index in [1.54, 1.807) is 0 Å². The zero-order valence-corrected chi connectivity index (χ0v) is 6.98. The van der Waals surface area contributed by atoms with Crippen molar-refractivity contribution in [2.45, 2.75) is 13.3 Å². The summed E-state index contributed by atoms with van der Waals surface area (Å²) in [5.41, 5.74) is 0. The molecule has 0 atom stereocenters. The standard InChI is InChI=1S/C5H12OSi/c1-2-3-4-5-6-7/h2-3H,4-5H2,1,7H3. The van der Waals surface area contributed by atoms with E-state index in [0.29, 0.717) is 0 Å². The van der Waals surface area contributed by atoms with Gasteiger partial charge in [-0.25, -0.2) is 0 Å². The zero-order valence-electron chi connectivity index (χ0n) is 4.98. The van der Waals surface area contributed by atoms with E-state index in [-0.39, 0.29) is 0 Å². The predicted molar refractivity (Wildman–Crippen MR) is 35.3 cm³/mol. The Bertz CT molecular complexity index is 52.0. The van der Waals surface area contributed by atoms with E-state index in [1.807, 2.05) is 13.0 Å². The molecule has 0 aromatic heterocycles. The van der Waals surface area contributed by atoms with Crippen molar-refractivity contribution in [2.75, 3.05) is 6.61 Å². The Morgan fingerprint density at radius 2 is 2.43 bits per heavy atom. The minimum Gasteiger partial charge on any atom is -0.428 e. The number of hydrogen-bond acceptors (Lipinski definition) is 1. The number of hydrogen-bond donors (Lipinski definition) is 0. The molecule has 0 aliphatic carbocycles. The highest BCUT2D eigenvalue weighted by atomic mass is 28.2. The monoisotopic (exact) mass is 116 g/mol. The molecule has 0 saturated heterocycles. The highest BCUT2D eigenvalue weighted by molar-refractivity contribution is 5.97. The van der Waals surface area contributed by atoms with Crippen molar-refractivity contribution in [1.29, 1.82) is 0 Å². The highest BCUT2D eigenvalue weighted by Crippen LogP contribution is 1.80. The van der Waals surface area contributed by atoms with Crippen molar-refractivity contribution in [1.82, 2.24) is 0 Å². The van der Waals surface area contributed by atoms with Gasteiger partial charge in [-0.1, -0.05) is 12.2 Å². The Hall–Kier alpha value is -0.0831. The quantitative estimate of drug-likeness (QED) is 0.292. The van der Waals surface area contributed by atoms with E-state index in [9.17, 15) is 0 Å². The van der Waals surface area contributed by atoms with Gasteiger partial charge in [0, 0.05) is 6.61 Å². The van der Waals surface area contributed by atoms with Crippen LogP contribution >= 0.6 is 0 Å². The minimum absolute atomic E-state index is 0.872. The fraction of sp³-hybridized carbons (Fsp3) is 0.600. The second-order valence-electron chi connectivity index (χ2n) is 1.35. The summed E-state index contributed by atoms with van der Waals surface area (Å²) in [7, 11) is 0.872. The molecule has 0 N–H and O–H groups in total. The van der Waals surface area contributed by atoms with E-state index in [2.05, 4.69) is 6.08 Å². The van der Waals surface area contributed by atoms with Crippen LogP contribution in [0.5, 0.6) is 0 Å². The summed E-state index contributed by atoms with van der Waals surface area (Å²) < 4.78 is 4.93. The third-order valence-corrected chi connectivity index (χ3v) is 1.13. The highest BCUT2D eigenvalue weighted by Gasteiger charge is 1.71. The van der Waals surface area contributed by atoms with Crippen LogP contribution in [-0.2, 0) is 4.43 Å². The SMILES string of the molecule is CC=CCCO[SiH3]. The van der Waals surface area contributed by atoms with Gasteiger partial charge in [0.25, 0.3) is 0 Å². The maximum Gasteiger partial charge on any atom is 0.145 e. The van der Waals surface area contributed by atoms with Gasteiger partial charge in [0.05, 0.1) is 0 Å². The topological polar surface area (TPSA) is 9.23 Å². The summed E-state index contributed by atoms with van der Waals surface area (Å²) >= 11 is 0. The first-order valence-electron chi connectivity index (χ1n) is 2.52. The van der Waals surface area contributed by atoms with Crippen LogP contribution in [0.4, 0.5) is 0 Å². The summed E-state index contributed by atoms with van der Waals surface area (Å²) in [6.07, 6.45) is 5.22. The Morgan fingerprint density at radius 3 is 2.86 bits per heavy atom. The van der Waals surface area contributed by atoms with Gasteiger partial charge in [-0.2, -0.15) is 0 Å². The van der Waals surface area contributed by atoms with E-state index in [0.717, 1.165) is 23.5 Å². The molecular formula is C5H12OSi. The van der Waals surface area contributed by atoms with Gasteiger partial charge in [0.15, 0.2) is 0 Å². The average molecular weight is 116 g/mol. The molecule has 0 radical (unpaired) electrons. The molecule has 7 heavy (non-hydrogen) atoms. The number of rotatable bonds is 3. The molecule has 0 heterocycles. The third-order valence-electron chi connectivity index (χ3n) is 0.724. The van der Waals surface area contributed by atoms with E-state index < -0.39 is 0 Å². The molecule has 2 heteroatoms. The molecule has 0 aromatic carbocycles. The lowest BCUT2D eigenvalue weighted by atomic mass is 10.4. The maximum absolute atomic E-state index is 4.93. The lowest BCUT2D eigenvalue weighted by Crippen LogP contribution is -1.84. The molecule has 1 nitrogen and oxygen atoms in total. The van der Waals surface area contributed by atoms with Crippen molar-refractivity contribution in [3.63, 3.8) is 0 Å². The van der Waals surface area contributed by atoms with Crippen molar-refractivity contribution < 1.29 is 4.43 Å². The van der Waals surface area contributed by atoms with Crippen molar-refractivity contribution in [2.24, 2.45) is 0 Å². The van der Waals surface area contributed by atoms with Crippen LogP contribution in [0.2, 0.25) is 0 Å². The second kappa shape index (κ2) is 5.92. The van der Waals surface area contributed by atoms with Crippen molar-refractivity contribution in [3.8, 4) is 0 Å². The van der Waals surface area contributed by atoms with Gasteiger partial charge in [0.2, 0.25) is 0 Å². The van der Waals surface area contributed by atoms with Gasteiger partial charge >= 0.3 is 0 Å². The summed E-state index contributed by atoms with van der Waals surface area (Å²) in [4.78, 5) is 0. The molecular weight excluding hydrogens is 104 g/mol. The van der Waals surface area contributed by atoms with E-state index in [1.165, 1.54) is 0 Å². The van der Waals surface area contributed by atoms with Gasteiger partial charge in [-0.3, -0.25) is 0 Å². The van der Waals surface area contributed by atoms with Crippen LogP contribution in [0, 0.1) is 0 Å². The smallest absolute Gasteiger partial charge is 0.145 e. The van der Waals surface area contributed by atoms with Gasteiger partial charge in [-0.05, 0) is 13.3 Å². The van der Waals surface area contributed by atoms with Crippen LogP contribution in [0.15, 0.2) is 12.2 Å². The lowest BCUT2D eigenvalue weighted by molar-refractivity contribution is 0.358. The lowest BCUT2D eigenvalue weighted by Gasteiger charge is -1.88. The summed E-state index contributed by atoms with van der Waals surface area (Å²) in [5.74, 6) is 0. The molecule has 0 aromatic rings. The van der Waals surface area contributed by atoms with E-state index >= 15 is 0 Å². The molecule has 0 spiro atoms. The molecule has 42 valence electrons. The third kappa shape index (κ3) is 5.92. The van der Waals surface area contributed by atoms with Crippen LogP contribution in [-0.4, -0.2) is 17.1 Å². The molecule has 0 fully saturated rings. The summed E-state index contributed by atoms with van der Waals surface area (Å²) in [6, 6.07) is 0. The molecule has 0 saturated carbocycles. The fourth-order valence-electron chi connectivity index (χ4n) is 0.353. The van der Waals surface area contributed by atoms with Crippen LogP contribution < -0.4 is 0 Å². The average Bonchev–Trinajstić information content (AvgIpc) is 1.69. The van der Waals surface area contributed by atoms with Crippen LogP contribution in [0.3, 0.4) is 0 Å². The van der Waals surface area contributed by atoms with E-state index in [4.69, 9.17) is 4.43 Å². The molecule has 0 unspecified atom stereocenters. The minimum atomic E-state index is 0.872. The first-order valence-corrected chi connectivity index (χ1v) is 3.33. The Kier molecular flexibility index (Phi) is 5.85. The number of allylic oxidation sites excluding steroid dienone is 1. The van der Waals surface area contributed by atoms with Gasteiger partial charge < -0.3 is 4.43 Å². The Morgan fingerprint density at radius 1 is 1.71 bits per heavy atom. The molecule has 0 aliphatic rings. The molecule has 0 bridgehead atoms. The summed E-state index contributed by atoms with van der Waals surface area (Å²) in [5, 5.41) is 0. The van der Waals surface area contributed by atoms with Crippen molar-refractivity contribution in [3.05, 3.63) is 12.2 Å². The first kappa shape index (κ1) is 6.92. The fourth-order valence-corrected chi connectivity index (χ4v) is 0.588. The van der Waals surface area contributed by atoms with Crippen LogP contribution in [0.25, 0.3) is 0 Å². The Labute approximate surface area is 47.9 Å². The summed E-state index contributed by atoms with van der Waals surface area (Å²) in [6.45, 7) is 2.92. The first-order chi connectivity index (χ1) is 3.41. The molecule has 0 amide bonds. The second-order valence-corrected chi connectivity index (χ2v) is 1.93. The molecule has 0 aliphatic heterocycles. The Balaban J connectivity index is 2.69. The predicted octanol–water partition coefficient (Wildman–Crippen LogP) is 0.250. The zero-order chi connectivity index (χ0) is 5.54.